The molecule has 2 atom stereocenters. The van der Waals surface area contributed by atoms with Crippen molar-refractivity contribution in [3.05, 3.63) is 82.7 Å². The second-order valence-corrected chi connectivity index (χ2v) is 7.43. The highest BCUT2D eigenvalue weighted by Crippen LogP contribution is 2.40. The lowest BCUT2D eigenvalue weighted by Gasteiger charge is -2.43. The molecule has 2 bridgehead atoms. The van der Waals surface area contributed by atoms with E-state index in [1.807, 2.05) is 33.7 Å². The van der Waals surface area contributed by atoms with Gasteiger partial charge >= 0.3 is 0 Å². The Bertz CT molecular complexity index is 1040. The first-order valence-corrected chi connectivity index (χ1v) is 9.32. The van der Waals surface area contributed by atoms with Crippen molar-refractivity contribution in [3.8, 4) is 11.1 Å². The highest BCUT2D eigenvalue weighted by molar-refractivity contribution is 5.91. The molecule has 0 N–H and O–H groups in total. The van der Waals surface area contributed by atoms with Crippen LogP contribution in [0.15, 0.2) is 70.1 Å². The largest absolute Gasteiger partial charge is 0.459 e. The van der Waals surface area contributed by atoms with E-state index in [0.29, 0.717) is 31.3 Å². The van der Waals surface area contributed by atoms with Crippen molar-refractivity contribution in [2.24, 2.45) is 5.92 Å². The summed E-state index contributed by atoms with van der Waals surface area (Å²) in [6.45, 7) is 1.93. The Morgan fingerprint density at radius 3 is 2.59 bits per heavy atom. The number of furan rings is 1. The van der Waals surface area contributed by atoms with Gasteiger partial charge in [0.1, 0.15) is 0 Å². The molecule has 27 heavy (non-hydrogen) atoms. The Morgan fingerprint density at radius 2 is 1.81 bits per heavy atom. The van der Waals surface area contributed by atoms with Gasteiger partial charge in [0.2, 0.25) is 0 Å². The van der Waals surface area contributed by atoms with Gasteiger partial charge in [0.15, 0.2) is 5.76 Å². The Kier molecular flexibility index (Phi) is 3.74. The Hall–Kier alpha value is -3.08. The van der Waals surface area contributed by atoms with Gasteiger partial charge in [0.25, 0.3) is 11.5 Å². The zero-order valence-corrected chi connectivity index (χ0v) is 14.9. The number of pyridine rings is 1. The summed E-state index contributed by atoms with van der Waals surface area (Å²) in [7, 11) is 0. The number of fused-ring (bicyclic) bond motifs is 4. The molecule has 0 spiro atoms. The quantitative estimate of drug-likeness (QED) is 0.704. The minimum absolute atomic E-state index is 0.0465. The van der Waals surface area contributed by atoms with Crippen LogP contribution in [0.3, 0.4) is 0 Å². The third kappa shape index (κ3) is 2.70. The first-order valence-electron chi connectivity index (χ1n) is 9.32. The Morgan fingerprint density at radius 1 is 0.963 bits per heavy atom. The second kappa shape index (κ2) is 6.27. The molecule has 2 aliphatic rings. The molecule has 5 heteroatoms. The number of amides is 1. The van der Waals surface area contributed by atoms with Crippen LogP contribution in [0.1, 0.15) is 28.6 Å². The van der Waals surface area contributed by atoms with Crippen molar-refractivity contribution < 1.29 is 9.21 Å². The molecule has 1 aromatic carbocycles. The number of likely N-dealkylation sites (tertiary alicyclic amines) is 1. The molecular weight excluding hydrogens is 340 g/mol. The maximum atomic E-state index is 12.8. The summed E-state index contributed by atoms with van der Waals surface area (Å²) in [5.41, 5.74) is 3.30. The lowest BCUT2D eigenvalue weighted by Crippen LogP contribution is -2.49. The van der Waals surface area contributed by atoms with Crippen LogP contribution in [0.2, 0.25) is 0 Å². The van der Waals surface area contributed by atoms with Gasteiger partial charge in [-0.1, -0.05) is 30.3 Å². The van der Waals surface area contributed by atoms with Gasteiger partial charge in [0.05, 0.1) is 6.26 Å². The van der Waals surface area contributed by atoms with E-state index in [2.05, 4.69) is 12.1 Å². The topological polar surface area (TPSA) is 55.5 Å². The number of hydrogen-bond acceptors (Lipinski definition) is 3. The average Bonchev–Trinajstić information content (AvgIpc) is 3.23. The van der Waals surface area contributed by atoms with Crippen LogP contribution >= 0.6 is 0 Å². The monoisotopic (exact) mass is 360 g/mol. The lowest BCUT2D eigenvalue weighted by molar-refractivity contribution is 0.0564. The molecule has 0 saturated carbocycles. The van der Waals surface area contributed by atoms with Gasteiger partial charge < -0.3 is 13.9 Å². The smallest absolute Gasteiger partial charge is 0.289 e. The number of hydrogen-bond donors (Lipinski definition) is 0. The second-order valence-electron chi connectivity index (χ2n) is 7.43. The molecule has 0 aliphatic carbocycles. The number of piperidine rings is 1. The van der Waals surface area contributed by atoms with Gasteiger partial charge in [-0.05, 0) is 36.1 Å². The van der Waals surface area contributed by atoms with Crippen molar-refractivity contribution in [2.75, 3.05) is 13.1 Å². The summed E-state index contributed by atoms with van der Waals surface area (Å²) in [4.78, 5) is 27.2. The highest BCUT2D eigenvalue weighted by Gasteiger charge is 2.38. The Labute approximate surface area is 156 Å². The zero-order valence-electron chi connectivity index (χ0n) is 14.9. The van der Waals surface area contributed by atoms with Gasteiger partial charge in [-0.3, -0.25) is 9.59 Å². The first kappa shape index (κ1) is 16.1. The van der Waals surface area contributed by atoms with Gasteiger partial charge in [-0.25, -0.2) is 0 Å². The van der Waals surface area contributed by atoms with E-state index in [1.54, 1.807) is 18.2 Å². The molecule has 5 rings (SSSR count). The summed E-state index contributed by atoms with van der Waals surface area (Å²) in [5, 5.41) is 0. The molecule has 3 aromatic rings. The van der Waals surface area contributed by atoms with Crippen molar-refractivity contribution in [1.29, 1.82) is 0 Å². The normalized spacial score (nSPS) is 21.0. The predicted octanol–water partition coefficient (Wildman–Crippen LogP) is 3.37. The third-order valence-electron chi connectivity index (χ3n) is 5.69. The Balaban J connectivity index is 1.57. The molecule has 4 heterocycles. The van der Waals surface area contributed by atoms with Crippen molar-refractivity contribution in [1.82, 2.24) is 9.47 Å². The van der Waals surface area contributed by atoms with Crippen LogP contribution in [0.25, 0.3) is 11.1 Å². The molecular formula is C22H20N2O3. The highest BCUT2D eigenvalue weighted by atomic mass is 16.3. The maximum Gasteiger partial charge on any atom is 0.289 e. The first-order chi connectivity index (χ1) is 13.2. The van der Waals surface area contributed by atoms with Crippen molar-refractivity contribution in [3.63, 3.8) is 0 Å². The fourth-order valence-electron chi connectivity index (χ4n) is 4.60. The summed E-state index contributed by atoms with van der Waals surface area (Å²) < 4.78 is 7.23. The number of carbonyl (C=O) groups excluding carboxylic acids is 1. The van der Waals surface area contributed by atoms with Crippen molar-refractivity contribution in [2.45, 2.75) is 18.9 Å². The molecule has 5 nitrogen and oxygen atoms in total. The number of rotatable bonds is 2. The van der Waals surface area contributed by atoms with E-state index >= 15 is 0 Å². The van der Waals surface area contributed by atoms with Gasteiger partial charge in [-0.2, -0.15) is 0 Å². The van der Waals surface area contributed by atoms with E-state index in [0.717, 1.165) is 23.2 Å². The summed E-state index contributed by atoms with van der Waals surface area (Å²) in [6, 6.07) is 17.2. The van der Waals surface area contributed by atoms with E-state index in [1.165, 1.54) is 6.26 Å². The minimum Gasteiger partial charge on any atom is -0.459 e. The summed E-state index contributed by atoms with van der Waals surface area (Å²) >= 11 is 0. The molecule has 0 radical (unpaired) electrons. The summed E-state index contributed by atoms with van der Waals surface area (Å²) in [5.74, 6) is 0.755. The van der Waals surface area contributed by atoms with Crippen LogP contribution in [-0.4, -0.2) is 28.5 Å². The molecule has 1 fully saturated rings. The third-order valence-corrected chi connectivity index (χ3v) is 5.69. The lowest BCUT2D eigenvalue weighted by atomic mass is 9.80. The fraction of sp³-hybridized carbons (Fsp3) is 0.273. The number of aromatic nitrogens is 1. The molecule has 2 aromatic heterocycles. The fourth-order valence-corrected chi connectivity index (χ4v) is 4.60. The summed E-state index contributed by atoms with van der Waals surface area (Å²) in [6.07, 6.45) is 2.53. The van der Waals surface area contributed by atoms with Gasteiger partial charge in [-0.15, -0.1) is 0 Å². The van der Waals surface area contributed by atoms with Crippen molar-refractivity contribution >= 4 is 5.91 Å². The van der Waals surface area contributed by atoms with E-state index in [4.69, 9.17) is 4.42 Å². The number of benzene rings is 1. The molecule has 2 aliphatic heterocycles. The van der Waals surface area contributed by atoms with Crippen LogP contribution < -0.4 is 5.56 Å². The zero-order chi connectivity index (χ0) is 18.4. The van der Waals surface area contributed by atoms with Gasteiger partial charge in [0, 0.05) is 42.9 Å². The molecule has 136 valence electrons. The van der Waals surface area contributed by atoms with E-state index in [9.17, 15) is 9.59 Å². The van der Waals surface area contributed by atoms with Crippen LogP contribution in [0.5, 0.6) is 0 Å². The average molecular weight is 360 g/mol. The molecule has 0 unspecified atom stereocenters. The SMILES string of the molecule is O=C(c1ccco1)N1C[C@@H]2C[C@@H](C1)c1c(-c3ccccc3)ccc(=O)n1C2. The maximum absolute atomic E-state index is 12.8. The minimum atomic E-state index is -0.0670. The van der Waals surface area contributed by atoms with E-state index in [-0.39, 0.29) is 17.4 Å². The number of carbonyl (C=O) groups is 1. The van der Waals surface area contributed by atoms with Crippen LogP contribution in [-0.2, 0) is 6.54 Å². The van der Waals surface area contributed by atoms with Crippen LogP contribution in [0.4, 0.5) is 0 Å². The van der Waals surface area contributed by atoms with E-state index < -0.39 is 0 Å². The predicted molar refractivity (Wildman–Crippen MR) is 102 cm³/mol. The standard InChI is InChI=1S/C22H20N2O3/c25-20-9-8-18(16-5-2-1-3-6-16)21-17-11-15(13-24(20)21)12-23(14-17)22(26)19-7-4-10-27-19/h1-10,15,17H,11-14H2/t15-,17-/m0/s1. The number of nitrogens with zero attached hydrogens (tertiary/aromatic N) is 2. The molecule has 1 saturated heterocycles. The molecule has 1 amide bonds. The van der Waals surface area contributed by atoms with Crippen LogP contribution in [0, 0.1) is 5.92 Å².